The highest BCUT2D eigenvalue weighted by Crippen LogP contribution is 2.20. The molecule has 90 valence electrons. The van der Waals surface area contributed by atoms with E-state index >= 15 is 0 Å². The Morgan fingerprint density at radius 3 is 2.56 bits per heavy atom. The lowest BCUT2D eigenvalue weighted by atomic mass is 10.4. The van der Waals surface area contributed by atoms with Gasteiger partial charge in [0.25, 0.3) is 0 Å². The summed E-state index contributed by atoms with van der Waals surface area (Å²) in [7, 11) is 0. The molecule has 16 heavy (non-hydrogen) atoms. The Hall–Kier alpha value is -1.04. The van der Waals surface area contributed by atoms with Crippen molar-refractivity contribution in [2.75, 3.05) is 23.9 Å². The minimum atomic E-state index is -4.27. The van der Waals surface area contributed by atoms with Crippen LogP contribution in [0.4, 0.5) is 19.0 Å². The molecule has 1 aromatic heterocycles. The van der Waals surface area contributed by atoms with Crippen LogP contribution in [-0.4, -0.2) is 35.1 Å². The molecule has 0 fully saturated rings. The van der Waals surface area contributed by atoms with Gasteiger partial charge in [-0.05, 0) is 6.92 Å². The number of alkyl halides is 4. The zero-order valence-corrected chi connectivity index (χ0v) is 9.39. The second kappa shape index (κ2) is 5.34. The fourth-order valence-electron chi connectivity index (χ4n) is 1.21. The molecule has 0 N–H and O–H groups in total. The third-order valence-electron chi connectivity index (χ3n) is 1.84. The van der Waals surface area contributed by atoms with Gasteiger partial charge in [0.2, 0.25) is 0 Å². The summed E-state index contributed by atoms with van der Waals surface area (Å²) in [4.78, 5) is 8.71. The predicted octanol–water partition coefficient (Wildman–Crippen LogP) is 2.39. The molecule has 3 nitrogen and oxygen atoms in total. The topological polar surface area (TPSA) is 29.0 Å². The fourth-order valence-corrected chi connectivity index (χ4v) is 1.41. The molecule has 0 radical (unpaired) electrons. The predicted molar refractivity (Wildman–Crippen MR) is 55.8 cm³/mol. The number of aromatic nitrogens is 2. The van der Waals surface area contributed by atoms with Crippen LogP contribution in [0.25, 0.3) is 0 Å². The number of halogens is 4. The van der Waals surface area contributed by atoms with Crippen LogP contribution in [0.2, 0.25) is 0 Å². The van der Waals surface area contributed by atoms with Gasteiger partial charge >= 0.3 is 6.18 Å². The molecule has 0 amide bonds. The zero-order valence-electron chi connectivity index (χ0n) is 8.63. The molecule has 1 rings (SSSR count). The highest BCUT2D eigenvalue weighted by molar-refractivity contribution is 6.18. The number of rotatable bonds is 4. The largest absolute Gasteiger partial charge is 0.405 e. The number of nitrogens with zero attached hydrogens (tertiary/aromatic N) is 3. The third kappa shape index (κ3) is 4.22. The van der Waals surface area contributed by atoms with Crippen molar-refractivity contribution >= 4 is 17.4 Å². The van der Waals surface area contributed by atoms with Gasteiger partial charge in [0, 0.05) is 24.2 Å². The van der Waals surface area contributed by atoms with E-state index in [1.54, 1.807) is 6.92 Å². The molecule has 0 spiro atoms. The van der Waals surface area contributed by atoms with Crippen LogP contribution in [0.3, 0.4) is 0 Å². The number of aryl methyl sites for hydroxylation is 1. The zero-order chi connectivity index (χ0) is 12.2. The smallest absolute Gasteiger partial charge is 0.346 e. The Labute approximate surface area is 96.3 Å². The Morgan fingerprint density at radius 2 is 2.06 bits per heavy atom. The maximum Gasteiger partial charge on any atom is 0.405 e. The standard InChI is InChI=1S/C9H11ClF3N3/c1-7-4-8(15-6-14-7)16(3-2-10)5-9(11,12)13/h4,6H,2-3,5H2,1H3. The normalized spacial score (nSPS) is 11.6. The van der Waals surface area contributed by atoms with E-state index in [0.717, 1.165) is 4.90 Å². The SMILES string of the molecule is Cc1cc(N(CCCl)CC(F)(F)F)ncn1. The monoisotopic (exact) mass is 253 g/mol. The minimum Gasteiger partial charge on any atom is -0.346 e. The third-order valence-corrected chi connectivity index (χ3v) is 2.01. The summed E-state index contributed by atoms with van der Waals surface area (Å²) in [6.45, 7) is 0.728. The molecule has 0 unspecified atom stereocenters. The van der Waals surface area contributed by atoms with Gasteiger partial charge in [0.1, 0.15) is 18.7 Å². The van der Waals surface area contributed by atoms with Gasteiger partial charge in [-0.25, -0.2) is 9.97 Å². The van der Waals surface area contributed by atoms with Crippen molar-refractivity contribution in [2.45, 2.75) is 13.1 Å². The summed E-state index contributed by atoms with van der Waals surface area (Å²) in [6, 6.07) is 1.50. The summed E-state index contributed by atoms with van der Waals surface area (Å²) < 4.78 is 36.9. The van der Waals surface area contributed by atoms with Gasteiger partial charge < -0.3 is 4.90 Å². The summed E-state index contributed by atoms with van der Waals surface area (Å²) in [5, 5.41) is 0. The molecule has 0 aromatic carbocycles. The molecule has 0 atom stereocenters. The lowest BCUT2D eigenvalue weighted by Crippen LogP contribution is -2.36. The summed E-state index contributed by atoms with van der Waals surface area (Å²) >= 11 is 5.46. The fraction of sp³-hybridized carbons (Fsp3) is 0.556. The van der Waals surface area contributed by atoms with Crippen LogP contribution >= 0.6 is 11.6 Å². The van der Waals surface area contributed by atoms with Crippen molar-refractivity contribution in [2.24, 2.45) is 0 Å². The van der Waals surface area contributed by atoms with Crippen LogP contribution in [0.1, 0.15) is 5.69 Å². The summed E-state index contributed by atoms with van der Waals surface area (Å²) in [5.41, 5.74) is 0.617. The molecule has 1 aromatic rings. The van der Waals surface area contributed by atoms with Gasteiger partial charge in [-0.3, -0.25) is 0 Å². The van der Waals surface area contributed by atoms with Crippen LogP contribution in [0.5, 0.6) is 0 Å². The second-order valence-electron chi connectivity index (χ2n) is 3.24. The molecular formula is C9H11ClF3N3. The van der Waals surface area contributed by atoms with Gasteiger partial charge in [0.05, 0.1) is 0 Å². The first kappa shape index (κ1) is 13.0. The highest BCUT2D eigenvalue weighted by atomic mass is 35.5. The van der Waals surface area contributed by atoms with E-state index in [1.165, 1.54) is 12.4 Å². The van der Waals surface area contributed by atoms with E-state index in [2.05, 4.69) is 9.97 Å². The number of hydrogen-bond donors (Lipinski definition) is 0. The van der Waals surface area contributed by atoms with E-state index in [-0.39, 0.29) is 18.2 Å². The second-order valence-corrected chi connectivity index (χ2v) is 3.62. The van der Waals surface area contributed by atoms with Crippen molar-refractivity contribution in [3.63, 3.8) is 0 Å². The van der Waals surface area contributed by atoms with Crippen molar-refractivity contribution in [1.29, 1.82) is 0 Å². The van der Waals surface area contributed by atoms with E-state index in [0.29, 0.717) is 5.69 Å². The van der Waals surface area contributed by atoms with E-state index in [9.17, 15) is 13.2 Å². The maximum absolute atomic E-state index is 12.3. The molecule has 0 aliphatic carbocycles. The Balaban J connectivity index is 2.85. The van der Waals surface area contributed by atoms with Crippen LogP contribution < -0.4 is 4.90 Å². The van der Waals surface area contributed by atoms with E-state index in [1.807, 2.05) is 0 Å². The molecule has 0 aliphatic heterocycles. The first-order valence-electron chi connectivity index (χ1n) is 4.58. The highest BCUT2D eigenvalue weighted by Gasteiger charge is 2.31. The lowest BCUT2D eigenvalue weighted by molar-refractivity contribution is -0.119. The van der Waals surface area contributed by atoms with Crippen molar-refractivity contribution in [3.8, 4) is 0 Å². The van der Waals surface area contributed by atoms with Crippen LogP contribution in [0, 0.1) is 6.92 Å². The summed E-state index contributed by atoms with van der Waals surface area (Å²) in [5.74, 6) is 0.351. The van der Waals surface area contributed by atoms with Gasteiger partial charge in [-0.1, -0.05) is 0 Å². The van der Waals surface area contributed by atoms with E-state index in [4.69, 9.17) is 11.6 Å². The first-order valence-corrected chi connectivity index (χ1v) is 5.12. The maximum atomic E-state index is 12.3. The number of anilines is 1. The van der Waals surface area contributed by atoms with Crippen molar-refractivity contribution < 1.29 is 13.2 Å². The first-order chi connectivity index (χ1) is 7.42. The Morgan fingerprint density at radius 1 is 1.38 bits per heavy atom. The van der Waals surface area contributed by atoms with Crippen molar-refractivity contribution in [3.05, 3.63) is 18.1 Å². The molecule has 0 bridgehead atoms. The lowest BCUT2D eigenvalue weighted by Gasteiger charge is -2.23. The van der Waals surface area contributed by atoms with Gasteiger partial charge in [-0.2, -0.15) is 13.2 Å². The molecule has 0 saturated carbocycles. The Bertz CT molecular complexity index is 343. The molecule has 0 aliphatic rings. The molecule has 1 heterocycles. The molecular weight excluding hydrogens is 243 g/mol. The average Bonchev–Trinajstić information content (AvgIpc) is 2.15. The minimum absolute atomic E-state index is 0.0948. The molecule has 7 heteroatoms. The van der Waals surface area contributed by atoms with Gasteiger partial charge in [0.15, 0.2) is 0 Å². The number of hydrogen-bond acceptors (Lipinski definition) is 3. The quantitative estimate of drug-likeness (QED) is 0.772. The van der Waals surface area contributed by atoms with Crippen LogP contribution in [0.15, 0.2) is 12.4 Å². The molecule has 0 saturated heterocycles. The van der Waals surface area contributed by atoms with Gasteiger partial charge in [-0.15, -0.1) is 11.6 Å². The van der Waals surface area contributed by atoms with Crippen molar-refractivity contribution in [1.82, 2.24) is 9.97 Å². The van der Waals surface area contributed by atoms with Crippen LogP contribution in [-0.2, 0) is 0 Å². The Kier molecular flexibility index (Phi) is 4.35. The van der Waals surface area contributed by atoms with E-state index < -0.39 is 12.7 Å². The average molecular weight is 254 g/mol. The summed E-state index contributed by atoms with van der Waals surface area (Å²) in [6.07, 6.45) is -3.03.